The van der Waals surface area contributed by atoms with Gasteiger partial charge >= 0.3 is 13.6 Å². The number of hydrogen-bond acceptors (Lipinski definition) is 6. The summed E-state index contributed by atoms with van der Waals surface area (Å²) in [6.07, 6.45) is 2.02. The van der Waals surface area contributed by atoms with E-state index in [1.54, 1.807) is 0 Å². The average Bonchev–Trinajstić information content (AvgIpc) is 2.61. The molecule has 0 radical (unpaired) electrons. The van der Waals surface area contributed by atoms with Gasteiger partial charge in [0, 0.05) is 6.54 Å². The van der Waals surface area contributed by atoms with Gasteiger partial charge in [-0.15, -0.1) is 0 Å². The summed E-state index contributed by atoms with van der Waals surface area (Å²) < 4.78 is 10.9. The van der Waals surface area contributed by atoms with Gasteiger partial charge in [0.25, 0.3) is 0 Å². The highest BCUT2D eigenvalue weighted by Gasteiger charge is 2.27. The van der Waals surface area contributed by atoms with Crippen molar-refractivity contribution in [1.82, 2.24) is 10.6 Å². The molecule has 0 aromatic rings. The molecule has 2 amide bonds. The molecule has 31 heavy (non-hydrogen) atoms. The van der Waals surface area contributed by atoms with Gasteiger partial charge in [-0.05, 0) is 25.2 Å². The first kappa shape index (κ1) is 28.5. The van der Waals surface area contributed by atoms with E-state index in [0.717, 1.165) is 12.2 Å². The molecule has 0 aliphatic carbocycles. The molecule has 0 fully saturated rings. The molecule has 0 heterocycles. The van der Waals surface area contributed by atoms with E-state index in [9.17, 15) is 24.1 Å². The van der Waals surface area contributed by atoms with E-state index >= 15 is 0 Å². The van der Waals surface area contributed by atoms with Gasteiger partial charge in [-0.1, -0.05) is 26.0 Å². The van der Waals surface area contributed by atoms with Crippen LogP contribution in [0.25, 0.3) is 0 Å². The first-order chi connectivity index (χ1) is 14.2. The molecule has 0 rings (SSSR count). The molecule has 3 atom stereocenters. The van der Waals surface area contributed by atoms with Gasteiger partial charge in [0.05, 0.1) is 12.2 Å². The molecule has 178 valence electrons. The monoisotopic (exact) mass is 464 g/mol. The molecular formula is C17H33N6O7P. The molecular weight excluding hydrogens is 431 g/mol. The van der Waals surface area contributed by atoms with Crippen molar-refractivity contribution in [2.75, 3.05) is 12.7 Å². The van der Waals surface area contributed by atoms with Gasteiger partial charge < -0.3 is 42.7 Å². The Morgan fingerprint density at radius 1 is 1.13 bits per heavy atom. The fraction of sp³-hybridized carbons (Fsp3) is 0.647. The zero-order valence-electron chi connectivity index (χ0n) is 17.6. The summed E-state index contributed by atoms with van der Waals surface area (Å²) in [6, 6.07) is -3.52. The summed E-state index contributed by atoms with van der Waals surface area (Å²) in [4.78, 5) is 57.8. The van der Waals surface area contributed by atoms with Gasteiger partial charge in [-0.3, -0.25) is 19.1 Å². The van der Waals surface area contributed by atoms with Crippen molar-refractivity contribution in [3.8, 4) is 0 Å². The second-order valence-corrected chi connectivity index (χ2v) is 9.04. The minimum Gasteiger partial charge on any atom is -0.479 e. The van der Waals surface area contributed by atoms with Crippen molar-refractivity contribution in [3.05, 3.63) is 12.2 Å². The van der Waals surface area contributed by atoms with Crippen molar-refractivity contribution in [3.63, 3.8) is 0 Å². The minimum absolute atomic E-state index is 0.0985. The predicted octanol–water partition coefficient (Wildman–Crippen LogP) is -1.80. The number of aliphatic imine (C=N–C) groups is 1. The zero-order chi connectivity index (χ0) is 24.2. The summed E-state index contributed by atoms with van der Waals surface area (Å²) in [7, 11) is -4.37. The van der Waals surface area contributed by atoms with Gasteiger partial charge in [-0.25, -0.2) is 4.79 Å². The van der Waals surface area contributed by atoms with E-state index in [1.165, 1.54) is 0 Å². The molecule has 0 aliphatic heterocycles. The Hall–Kier alpha value is -2.47. The number of nitrogens with one attached hydrogen (secondary N) is 2. The van der Waals surface area contributed by atoms with Crippen LogP contribution < -0.4 is 27.8 Å². The number of nitrogens with two attached hydrogens (primary N) is 3. The molecule has 0 aliphatic rings. The van der Waals surface area contributed by atoms with E-state index in [4.69, 9.17) is 27.0 Å². The van der Waals surface area contributed by atoms with Crippen LogP contribution in [0.15, 0.2) is 17.1 Å². The Labute approximate surface area is 180 Å². The van der Waals surface area contributed by atoms with Crippen molar-refractivity contribution < 1.29 is 33.8 Å². The summed E-state index contributed by atoms with van der Waals surface area (Å²) in [6.45, 7) is 3.95. The number of nitrogens with zero attached hydrogens (tertiary/aromatic N) is 1. The maximum atomic E-state index is 12.6. The maximum Gasteiger partial charge on any atom is 0.330 e. The molecule has 0 saturated carbocycles. The van der Waals surface area contributed by atoms with Crippen LogP contribution in [0.1, 0.15) is 33.1 Å². The lowest BCUT2D eigenvalue weighted by molar-refractivity contribution is -0.140. The third-order valence-corrected chi connectivity index (χ3v) is 4.56. The molecule has 13 nitrogen and oxygen atoms in total. The standard InChI is InChI=1S/C17H33N6O7P/c1-10(2)9-11(18)14(24)22-12(5-3-7-21-17(19)20)15(25)23-13(16(26)27)6-4-8-31(28,29)30/h4,6,10-13H,3,5,7-9,18H2,1-2H3,(H,22,24)(H,23,25)(H,26,27)(H4,19,20,21)(H2,28,29,30)/b6-4+/t11-,12-,13-/m0/s1. The number of aliphatic carboxylic acids is 1. The molecule has 0 saturated heterocycles. The highest BCUT2D eigenvalue weighted by Crippen LogP contribution is 2.33. The lowest BCUT2D eigenvalue weighted by atomic mass is 10.0. The summed E-state index contributed by atoms with van der Waals surface area (Å²) >= 11 is 0. The number of rotatable bonds is 14. The van der Waals surface area contributed by atoms with Crippen molar-refractivity contribution in [2.45, 2.75) is 51.2 Å². The number of guanidine groups is 1. The van der Waals surface area contributed by atoms with E-state index in [0.29, 0.717) is 12.8 Å². The predicted molar refractivity (Wildman–Crippen MR) is 115 cm³/mol. The molecule has 0 unspecified atom stereocenters. The Bertz CT molecular complexity index is 718. The highest BCUT2D eigenvalue weighted by atomic mass is 31.2. The number of carbonyl (C=O) groups excluding carboxylic acids is 2. The second kappa shape index (κ2) is 13.8. The van der Waals surface area contributed by atoms with Crippen LogP contribution in [0.2, 0.25) is 0 Å². The number of carboxylic acid groups (broad SMARTS) is 1. The number of carboxylic acids is 1. The van der Waals surface area contributed by atoms with Crippen molar-refractivity contribution >= 4 is 31.3 Å². The van der Waals surface area contributed by atoms with Crippen LogP contribution >= 0.6 is 7.60 Å². The van der Waals surface area contributed by atoms with E-state index in [-0.39, 0.29) is 24.8 Å². The fourth-order valence-electron chi connectivity index (χ4n) is 2.45. The first-order valence-electron chi connectivity index (χ1n) is 9.58. The van der Waals surface area contributed by atoms with E-state index < -0.39 is 49.7 Å². The lowest BCUT2D eigenvalue weighted by Crippen LogP contribution is -2.54. The SMILES string of the molecule is CC(C)C[C@H](N)C(=O)N[C@@H](CCCN=C(N)N)C(=O)N[C@@H](/C=C/CP(=O)(O)O)C(=O)O. The molecule has 0 spiro atoms. The van der Waals surface area contributed by atoms with Crippen molar-refractivity contribution in [2.24, 2.45) is 28.1 Å². The first-order valence-corrected chi connectivity index (χ1v) is 11.4. The highest BCUT2D eigenvalue weighted by molar-refractivity contribution is 7.51. The van der Waals surface area contributed by atoms with Crippen LogP contribution in [-0.2, 0) is 18.9 Å². The molecule has 11 N–H and O–H groups in total. The Morgan fingerprint density at radius 2 is 1.74 bits per heavy atom. The summed E-state index contributed by atoms with van der Waals surface area (Å²) in [5, 5.41) is 14.0. The largest absolute Gasteiger partial charge is 0.479 e. The van der Waals surface area contributed by atoms with Crippen LogP contribution in [-0.4, -0.2) is 69.5 Å². The number of amides is 2. The second-order valence-electron chi connectivity index (χ2n) is 7.35. The average molecular weight is 464 g/mol. The Balaban J connectivity index is 5.29. The third kappa shape index (κ3) is 14.2. The zero-order valence-corrected chi connectivity index (χ0v) is 18.5. The third-order valence-electron chi connectivity index (χ3n) is 3.88. The normalized spacial score (nSPS) is 14.6. The van der Waals surface area contributed by atoms with Gasteiger partial charge in [0.2, 0.25) is 11.8 Å². The maximum absolute atomic E-state index is 12.6. The lowest BCUT2D eigenvalue weighted by Gasteiger charge is -2.22. The van der Waals surface area contributed by atoms with Gasteiger partial charge in [0.15, 0.2) is 5.96 Å². The number of hydrogen-bond donors (Lipinski definition) is 8. The van der Waals surface area contributed by atoms with Crippen LogP contribution in [0.4, 0.5) is 0 Å². The van der Waals surface area contributed by atoms with E-state index in [1.807, 2.05) is 13.8 Å². The van der Waals surface area contributed by atoms with Crippen molar-refractivity contribution in [1.29, 1.82) is 0 Å². The van der Waals surface area contributed by atoms with Gasteiger partial charge in [-0.2, -0.15) is 0 Å². The molecule has 0 bridgehead atoms. The number of carbonyl (C=O) groups is 3. The molecule has 14 heteroatoms. The smallest absolute Gasteiger partial charge is 0.330 e. The Morgan fingerprint density at radius 3 is 2.23 bits per heavy atom. The Kier molecular flexibility index (Phi) is 12.7. The van der Waals surface area contributed by atoms with Gasteiger partial charge in [0.1, 0.15) is 12.1 Å². The summed E-state index contributed by atoms with van der Waals surface area (Å²) in [5.41, 5.74) is 16.3. The van der Waals surface area contributed by atoms with Crippen LogP contribution in [0.3, 0.4) is 0 Å². The molecule has 0 aromatic carbocycles. The molecule has 0 aromatic heterocycles. The fourth-order valence-corrected chi connectivity index (χ4v) is 2.84. The van der Waals surface area contributed by atoms with Crippen LogP contribution in [0, 0.1) is 5.92 Å². The van der Waals surface area contributed by atoms with Crippen LogP contribution in [0.5, 0.6) is 0 Å². The number of allylic oxidation sites excluding steroid dienone is 1. The van der Waals surface area contributed by atoms with E-state index in [2.05, 4.69) is 15.6 Å². The minimum atomic E-state index is -4.37. The summed E-state index contributed by atoms with van der Waals surface area (Å²) in [5.74, 6) is -2.81. The topological polar surface area (TPSA) is 243 Å². The quantitative estimate of drug-likeness (QED) is 0.0471.